The van der Waals surface area contributed by atoms with Gasteiger partial charge in [-0.15, -0.1) is 11.6 Å². The van der Waals surface area contributed by atoms with E-state index < -0.39 is 7.92 Å². The number of rotatable bonds is 5. The van der Waals surface area contributed by atoms with E-state index in [0.29, 0.717) is 0 Å². The summed E-state index contributed by atoms with van der Waals surface area (Å²) in [5, 5.41) is 1.10. The van der Waals surface area contributed by atoms with Crippen LogP contribution in [0.3, 0.4) is 0 Å². The minimum absolute atomic E-state index is 0.0907. The Hall–Kier alpha value is -1.17. The molecule has 2 rings (SSSR count). The highest BCUT2D eigenvalue weighted by atomic mass is 35.5. The Morgan fingerprint density at radius 3 is 2.06 bits per heavy atom. The van der Waals surface area contributed by atoms with E-state index in [1.807, 2.05) is 48.5 Å². The summed E-state index contributed by atoms with van der Waals surface area (Å²) >= 11 is 5.73. The molecule has 0 aliphatic carbocycles. The van der Waals surface area contributed by atoms with Crippen LogP contribution in [0.4, 0.5) is 0 Å². The first-order valence-electron chi connectivity index (χ1n) is 5.76. The first kappa shape index (κ1) is 13.3. The molecule has 3 heteroatoms. The number of halogens is 1. The summed E-state index contributed by atoms with van der Waals surface area (Å²) in [6.07, 6.45) is 0.770. The Bertz CT molecular complexity index is 498. The summed E-state index contributed by atoms with van der Waals surface area (Å²) in [5.74, 6) is 0.0907. The second-order valence-electron chi connectivity index (χ2n) is 3.93. The van der Waals surface area contributed by atoms with Gasteiger partial charge in [-0.05, 0) is 10.9 Å². The number of hydrogen-bond donors (Lipinski definition) is 0. The molecule has 0 fully saturated rings. The van der Waals surface area contributed by atoms with Crippen molar-refractivity contribution in [2.75, 3.05) is 5.88 Å². The Balaban J connectivity index is 2.24. The van der Waals surface area contributed by atoms with Crippen LogP contribution in [0.5, 0.6) is 0 Å². The average molecular weight is 277 g/mol. The van der Waals surface area contributed by atoms with Gasteiger partial charge in [-0.3, -0.25) is 4.79 Å². The topological polar surface area (TPSA) is 17.1 Å². The molecule has 2 aromatic rings. The van der Waals surface area contributed by atoms with Gasteiger partial charge in [-0.1, -0.05) is 60.7 Å². The third-order valence-electron chi connectivity index (χ3n) is 2.67. The maximum Gasteiger partial charge on any atom is 0.173 e. The molecule has 0 radical (unpaired) electrons. The van der Waals surface area contributed by atoms with Gasteiger partial charge in [0.15, 0.2) is 5.52 Å². The second-order valence-corrected chi connectivity index (χ2v) is 6.39. The van der Waals surface area contributed by atoms with Crippen molar-refractivity contribution in [1.82, 2.24) is 0 Å². The van der Waals surface area contributed by atoms with Crippen molar-refractivity contribution in [3.05, 3.63) is 66.2 Å². The first-order valence-corrected chi connectivity index (χ1v) is 7.82. The highest BCUT2D eigenvalue weighted by molar-refractivity contribution is 7.81. The molecule has 1 nitrogen and oxygen atoms in total. The van der Waals surface area contributed by atoms with Gasteiger partial charge < -0.3 is 0 Å². The lowest BCUT2D eigenvalue weighted by atomic mass is 10.2. The fourth-order valence-corrected chi connectivity index (χ4v) is 4.10. The molecular weight excluding hydrogens is 263 g/mol. The van der Waals surface area contributed by atoms with Crippen LogP contribution >= 0.6 is 19.5 Å². The van der Waals surface area contributed by atoms with Gasteiger partial charge >= 0.3 is 0 Å². The molecule has 0 saturated carbocycles. The van der Waals surface area contributed by atoms with Gasteiger partial charge in [-0.25, -0.2) is 0 Å². The van der Waals surface area contributed by atoms with Crippen LogP contribution in [0, 0.1) is 0 Å². The van der Waals surface area contributed by atoms with Gasteiger partial charge in [0.05, 0.1) is 5.88 Å². The van der Waals surface area contributed by atoms with Crippen molar-refractivity contribution in [2.24, 2.45) is 0 Å². The molecule has 92 valence electrons. The summed E-state index contributed by atoms with van der Waals surface area (Å²) < 4.78 is 0. The monoisotopic (exact) mass is 276 g/mol. The average Bonchev–Trinajstić information content (AvgIpc) is 2.46. The maximum absolute atomic E-state index is 12.0. The van der Waals surface area contributed by atoms with E-state index in [-0.39, 0.29) is 11.4 Å². The molecule has 0 aliphatic rings. The quantitative estimate of drug-likeness (QED) is 0.600. The van der Waals surface area contributed by atoms with Gasteiger partial charge in [0, 0.05) is 14.1 Å². The van der Waals surface area contributed by atoms with Crippen molar-refractivity contribution in [2.45, 2.75) is 6.16 Å². The SMILES string of the molecule is O=C(CCl)P(Cc1ccccc1)c1ccccc1. The normalized spacial score (nSPS) is 12.1. The number of hydrogen-bond acceptors (Lipinski definition) is 1. The Morgan fingerprint density at radius 2 is 1.50 bits per heavy atom. The zero-order chi connectivity index (χ0) is 12.8. The van der Waals surface area contributed by atoms with E-state index in [0.717, 1.165) is 11.5 Å². The molecule has 1 atom stereocenters. The molecular formula is C15H14ClOP. The molecule has 0 saturated heterocycles. The van der Waals surface area contributed by atoms with Crippen molar-refractivity contribution >= 4 is 30.4 Å². The Morgan fingerprint density at radius 1 is 0.944 bits per heavy atom. The van der Waals surface area contributed by atoms with Crippen LogP contribution in [0.2, 0.25) is 0 Å². The molecule has 0 bridgehead atoms. The Labute approximate surface area is 114 Å². The molecule has 0 aliphatic heterocycles. The fraction of sp³-hybridized carbons (Fsp3) is 0.133. The minimum atomic E-state index is -0.864. The predicted molar refractivity (Wildman–Crippen MR) is 78.9 cm³/mol. The molecule has 0 amide bonds. The van der Waals surface area contributed by atoms with Crippen molar-refractivity contribution in [3.63, 3.8) is 0 Å². The number of benzene rings is 2. The molecule has 18 heavy (non-hydrogen) atoms. The smallest absolute Gasteiger partial charge is 0.173 e. The standard InChI is InChI=1S/C15H14ClOP/c16-11-15(17)18(14-9-5-2-6-10-14)12-13-7-3-1-4-8-13/h1-10H,11-12H2. The molecule has 0 heterocycles. The number of carbonyl (C=O) groups is 1. The van der Waals surface area contributed by atoms with E-state index >= 15 is 0 Å². The van der Waals surface area contributed by atoms with Crippen LogP contribution in [-0.2, 0) is 11.0 Å². The molecule has 0 N–H and O–H groups in total. The lowest BCUT2D eigenvalue weighted by Crippen LogP contribution is -2.11. The van der Waals surface area contributed by atoms with Crippen LogP contribution in [0.1, 0.15) is 5.56 Å². The van der Waals surface area contributed by atoms with Crippen molar-refractivity contribution < 1.29 is 4.79 Å². The third kappa shape index (κ3) is 3.41. The van der Waals surface area contributed by atoms with Gasteiger partial charge in [0.2, 0.25) is 0 Å². The van der Waals surface area contributed by atoms with Gasteiger partial charge in [0.25, 0.3) is 0 Å². The molecule has 2 aromatic carbocycles. The summed E-state index contributed by atoms with van der Waals surface area (Å²) in [6.45, 7) is 0. The zero-order valence-corrected chi connectivity index (χ0v) is 11.6. The predicted octanol–water partition coefficient (Wildman–Crippen LogP) is 3.76. The number of carbonyl (C=O) groups excluding carboxylic acids is 1. The molecule has 0 aromatic heterocycles. The zero-order valence-electron chi connectivity index (χ0n) is 9.92. The summed E-state index contributed by atoms with van der Waals surface area (Å²) in [7, 11) is -0.864. The Kier molecular flexibility index (Phi) is 4.92. The van der Waals surface area contributed by atoms with Crippen LogP contribution in [-0.4, -0.2) is 11.4 Å². The fourth-order valence-electron chi connectivity index (χ4n) is 1.77. The van der Waals surface area contributed by atoms with Crippen molar-refractivity contribution in [3.8, 4) is 0 Å². The van der Waals surface area contributed by atoms with E-state index in [1.165, 1.54) is 5.56 Å². The van der Waals surface area contributed by atoms with E-state index in [2.05, 4.69) is 12.1 Å². The van der Waals surface area contributed by atoms with E-state index in [4.69, 9.17) is 11.6 Å². The van der Waals surface area contributed by atoms with E-state index in [9.17, 15) is 4.79 Å². The highest BCUT2D eigenvalue weighted by Crippen LogP contribution is 2.39. The van der Waals surface area contributed by atoms with Crippen LogP contribution in [0.25, 0.3) is 0 Å². The largest absolute Gasteiger partial charge is 0.293 e. The molecule has 1 unspecified atom stereocenters. The number of alkyl halides is 1. The highest BCUT2D eigenvalue weighted by Gasteiger charge is 2.19. The summed E-state index contributed by atoms with van der Waals surface area (Å²) in [6, 6.07) is 20.0. The minimum Gasteiger partial charge on any atom is -0.293 e. The maximum atomic E-state index is 12.0. The van der Waals surface area contributed by atoms with Gasteiger partial charge in [-0.2, -0.15) is 0 Å². The van der Waals surface area contributed by atoms with Crippen LogP contribution < -0.4 is 5.30 Å². The third-order valence-corrected chi connectivity index (χ3v) is 5.46. The first-order chi connectivity index (χ1) is 8.81. The van der Waals surface area contributed by atoms with Crippen molar-refractivity contribution in [1.29, 1.82) is 0 Å². The summed E-state index contributed by atoms with van der Waals surface area (Å²) in [5.41, 5.74) is 1.33. The lowest BCUT2D eigenvalue weighted by molar-refractivity contribution is -0.109. The summed E-state index contributed by atoms with van der Waals surface area (Å²) in [4.78, 5) is 12.0. The second kappa shape index (κ2) is 6.68. The molecule has 0 spiro atoms. The lowest BCUT2D eigenvalue weighted by Gasteiger charge is -2.15. The van der Waals surface area contributed by atoms with Gasteiger partial charge in [0.1, 0.15) is 0 Å². The van der Waals surface area contributed by atoms with Crippen LogP contribution in [0.15, 0.2) is 60.7 Å². The van der Waals surface area contributed by atoms with E-state index in [1.54, 1.807) is 0 Å².